The van der Waals surface area contributed by atoms with Gasteiger partial charge in [-0.15, -0.1) is 0 Å². The fourth-order valence-corrected chi connectivity index (χ4v) is 4.48. The Kier molecular flexibility index (Phi) is 9.57. The van der Waals surface area contributed by atoms with Crippen molar-refractivity contribution < 1.29 is 22.9 Å². The minimum absolute atomic E-state index is 0.0350. The van der Waals surface area contributed by atoms with E-state index in [1.54, 1.807) is 13.8 Å². The molecule has 1 N–H and O–H groups in total. The molecule has 1 atom stereocenters. The number of carbonyl (C=O) groups is 2. The third kappa shape index (κ3) is 7.51. The molecule has 0 radical (unpaired) electrons. The number of carbonyl (C=O) groups excluding carboxylic acids is 2. The fourth-order valence-electron chi connectivity index (χ4n) is 3.58. The van der Waals surface area contributed by atoms with Crippen LogP contribution in [0.1, 0.15) is 37.5 Å². The van der Waals surface area contributed by atoms with Crippen LogP contribution in [-0.2, 0) is 26.2 Å². The highest BCUT2D eigenvalue weighted by Crippen LogP contribution is 2.28. The van der Waals surface area contributed by atoms with Crippen molar-refractivity contribution in [3.63, 3.8) is 0 Å². The minimum Gasteiger partial charge on any atom is -0.354 e. The summed E-state index contributed by atoms with van der Waals surface area (Å²) in [5.74, 6) is -0.760. The lowest BCUT2D eigenvalue weighted by atomic mass is 10.1. The van der Waals surface area contributed by atoms with Gasteiger partial charge in [-0.3, -0.25) is 24.0 Å². The van der Waals surface area contributed by atoms with E-state index in [1.807, 2.05) is 45.0 Å². The van der Waals surface area contributed by atoms with E-state index >= 15 is 0 Å². The number of amides is 2. The highest BCUT2D eigenvalue weighted by atomic mass is 32.2. The molecule has 2 aromatic rings. The Bertz CT molecular complexity index is 1230. The fraction of sp³-hybridized carbons (Fsp3) is 0.440. The van der Waals surface area contributed by atoms with Gasteiger partial charge in [0.05, 0.1) is 16.9 Å². The first-order valence-corrected chi connectivity index (χ1v) is 13.4. The van der Waals surface area contributed by atoms with Crippen molar-refractivity contribution in [1.82, 2.24) is 10.2 Å². The number of anilines is 1. The van der Waals surface area contributed by atoms with Crippen molar-refractivity contribution >= 4 is 33.2 Å². The Morgan fingerprint density at radius 3 is 2.25 bits per heavy atom. The summed E-state index contributed by atoms with van der Waals surface area (Å²) < 4.78 is 26.3. The first kappa shape index (κ1) is 28.8. The number of hydrogen-bond acceptors (Lipinski definition) is 6. The second-order valence-corrected chi connectivity index (χ2v) is 11.2. The van der Waals surface area contributed by atoms with Gasteiger partial charge < -0.3 is 10.2 Å². The van der Waals surface area contributed by atoms with Gasteiger partial charge in [0.25, 0.3) is 5.69 Å². The van der Waals surface area contributed by atoms with Gasteiger partial charge in [-0.1, -0.05) is 44.2 Å². The molecule has 2 amide bonds. The van der Waals surface area contributed by atoms with Crippen LogP contribution >= 0.6 is 0 Å². The second kappa shape index (κ2) is 12.0. The molecule has 0 heterocycles. The molecular formula is C25H34N4O6S. The van der Waals surface area contributed by atoms with Gasteiger partial charge in [0.2, 0.25) is 21.8 Å². The maximum Gasteiger partial charge on any atom is 0.271 e. The molecule has 0 spiro atoms. The van der Waals surface area contributed by atoms with E-state index in [9.17, 15) is 28.1 Å². The Hall–Kier alpha value is -3.47. The van der Waals surface area contributed by atoms with Crippen LogP contribution in [0.3, 0.4) is 0 Å². The minimum atomic E-state index is -4.00. The predicted molar refractivity (Wildman–Crippen MR) is 139 cm³/mol. The van der Waals surface area contributed by atoms with E-state index < -0.39 is 33.4 Å². The topological polar surface area (TPSA) is 130 Å². The number of rotatable bonds is 11. The summed E-state index contributed by atoms with van der Waals surface area (Å²) in [5, 5.41) is 14.1. The predicted octanol–water partition coefficient (Wildman–Crippen LogP) is 3.17. The second-order valence-electron chi connectivity index (χ2n) is 9.26. The summed E-state index contributed by atoms with van der Waals surface area (Å²) in [6.07, 6.45) is 0.934. The number of nitro benzene ring substituents is 1. The molecule has 10 nitrogen and oxygen atoms in total. The maximum atomic E-state index is 13.6. The molecule has 0 saturated heterocycles. The largest absolute Gasteiger partial charge is 0.354 e. The monoisotopic (exact) mass is 518 g/mol. The zero-order valence-corrected chi connectivity index (χ0v) is 22.3. The molecule has 36 heavy (non-hydrogen) atoms. The average molecular weight is 519 g/mol. The van der Waals surface area contributed by atoms with E-state index in [2.05, 4.69) is 5.32 Å². The molecule has 0 fully saturated rings. The molecule has 0 aromatic heterocycles. The number of nitrogens with zero attached hydrogens (tertiary/aromatic N) is 3. The van der Waals surface area contributed by atoms with E-state index in [0.29, 0.717) is 12.1 Å². The molecule has 0 bridgehead atoms. The first-order valence-electron chi connectivity index (χ1n) is 11.6. The Balaban J connectivity index is 2.47. The van der Waals surface area contributed by atoms with Crippen LogP contribution in [0.2, 0.25) is 0 Å². The smallest absolute Gasteiger partial charge is 0.271 e. The van der Waals surface area contributed by atoms with Crippen LogP contribution < -0.4 is 9.62 Å². The normalized spacial score (nSPS) is 12.2. The molecule has 196 valence electrons. The number of aryl methyl sites for hydroxylation is 2. The third-order valence-electron chi connectivity index (χ3n) is 5.81. The number of nitro groups is 1. The lowest BCUT2D eigenvalue weighted by molar-refractivity contribution is -0.384. The van der Waals surface area contributed by atoms with Crippen molar-refractivity contribution in [3.05, 3.63) is 69.3 Å². The van der Waals surface area contributed by atoms with Gasteiger partial charge in [-0.25, -0.2) is 8.42 Å². The number of benzene rings is 2. The lowest BCUT2D eigenvalue weighted by Crippen LogP contribution is -2.51. The Labute approximate surface area is 212 Å². The van der Waals surface area contributed by atoms with E-state index in [-0.39, 0.29) is 29.7 Å². The zero-order chi connectivity index (χ0) is 27.2. The maximum absolute atomic E-state index is 13.6. The number of sulfonamides is 1. The molecule has 0 aliphatic rings. The third-order valence-corrected chi connectivity index (χ3v) is 6.93. The zero-order valence-electron chi connectivity index (χ0n) is 21.5. The number of hydrogen-bond donors (Lipinski definition) is 1. The summed E-state index contributed by atoms with van der Waals surface area (Å²) in [6, 6.07) is 10.4. The average Bonchev–Trinajstić information content (AvgIpc) is 2.79. The highest BCUT2D eigenvalue weighted by molar-refractivity contribution is 7.92. The first-order chi connectivity index (χ1) is 16.7. The molecule has 0 unspecified atom stereocenters. The summed E-state index contributed by atoms with van der Waals surface area (Å²) in [6.45, 7) is 8.89. The Morgan fingerprint density at radius 1 is 1.06 bits per heavy atom. The van der Waals surface area contributed by atoms with Crippen LogP contribution in [0, 0.1) is 29.9 Å². The molecule has 11 heteroatoms. The quantitative estimate of drug-likeness (QED) is 0.359. The van der Waals surface area contributed by atoms with Crippen molar-refractivity contribution in [2.45, 2.75) is 47.2 Å². The number of non-ortho nitro benzene ring substituents is 1. The number of nitrogens with one attached hydrogen (secondary N) is 1. The lowest BCUT2D eigenvalue weighted by Gasteiger charge is -2.32. The van der Waals surface area contributed by atoms with Gasteiger partial charge in [0.1, 0.15) is 12.6 Å². The van der Waals surface area contributed by atoms with Crippen LogP contribution in [0.5, 0.6) is 0 Å². The summed E-state index contributed by atoms with van der Waals surface area (Å²) >= 11 is 0. The van der Waals surface area contributed by atoms with Crippen LogP contribution in [0.25, 0.3) is 0 Å². The van der Waals surface area contributed by atoms with Crippen LogP contribution in [0.4, 0.5) is 11.4 Å². The van der Waals surface area contributed by atoms with E-state index in [1.165, 1.54) is 17.0 Å². The van der Waals surface area contributed by atoms with Crippen LogP contribution in [-0.4, -0.2) is 55.4 Å². The van der Waals surface area contributed by atoms with E-state index in [4.69, 9.17) is 0 Å². The van der Waals surface area contributed by atoms with Crippen molar-refractivity contribution in [2.75, 3.05) is 23.7 Å². The molecule has 0 aliphatic carbocycles. The van der Waals surface area contributed by atoms with Gasteiger partial charge >= 0.3 is 0 Å². The van der Waals surface area contributed by atoms with Gasteiger partial charge in [0.15, 0.2) is 0 Å². The van der Waals surface area contributed by atoms with Gasteiger partial charge in [-0.05, 0) is 43.4 Å². The highest BCUT2D eigenvalue weighted by Gasteiger charge is 2.31. The summed E-state index contributed by atoms with van der Waals surface area (Å²) in [4.78, 5) is 38.5. The molecule has 2 rings (SSSR count). The van der Waals surface area contributed by atoms with Crippen molar-refractivity contribution in [1.29, 1.82) is 0 Å². The standard InChI is InChI=1S/C25H34N4O6S/c1-17(2)14-26-25(31)20(5)27(15-21-10-8-7-9-18(21)3)24(30)16-28(36(6,34)35)23-13-22(29(32)33)12-11-19(23)4/h7-13,17,20H,14-16H2,1-6H3,(H,26,31)/t20-/m0/s1. The molecule has 2 aromatic carbocycles. The summed E-state index contributed by atoms with van der Waals surface area (Å²) in [5.41, 5.74) is 1.92. The molecule has 0 aliphatic heterocycles. The van der Waals surface area contributed by atoms with Crippen LogP contribution in [0.15, 0.2) is 42.5 Å². The molecule has 0 saturated carbocycles. The molecular weight excluding hydrogens is 484 g/mol. The van der Waals surface area contributed by atoms with Gasteiger partial charge in [-0.2, -0.15) is 0 Å². The Morgan fingerprint density at radius 2 is 1.69 bits per heavy atom. The van der Waals surface area contributed by atoms with Gasteiger partial charge in [0, 0.05) is 25.2 Å². The van der Waals surface area contributed by atoms with Crippen molar-refractivity contribution in [3.8, 4) is 0 Å². The SMILES string of the molecule is Cc1ccccc1CN(C(=O)CN(c1cc([N+](=O)[O-])ccc1C)S(C)(=O)=O)[C@@H](C)C(=O)NCC(C)C. The summed E-state index contributed by atoms with van der Waals surface area (Å²) in [7, 11) is -4.00. The van der Waals surface area contributed by atoms with E-state index in [0.717, 1.165) is 27.8 Å². The van der Waals surface area contributed by atoms with Crippen molar-refractivity contribution in [2.24, 2.45) is 5.92 Å².